The molecule has 0 saturated carbocycles. The van der Waals surface area contributed by atoms with Crippen LogP contribution in [-0.4, -0.2) is 0 Å². The van der Waals surface area contributed by atoms with E-state index >= 15 is 0 Å². The lowest BCUT2D eigenvalue weighted by Gasteiger charge is -2.11. The number of hydrogen-bond donors (Lipinski definition) is 0. The van der Waals surface area contributed by atoms with Crippen LogP contribution in [0.25, 0.3) is 0 Å². The lowest BCUT2D eigenvalue weighted by atomic mass is 10.1. The molecule has 0 atom stereocenters. The summed E-state index contributed by atoms with van der Waals surface area (Å²) in [5.74, 6) is 2.15. The van der Waals surface area contributed by atoms with Crippen molar-refractivity contribution in [2.45, 2.75) is 19.7 Å². The molecule has 2 rings (SSSR count). The molecule has 2 aromatic rings. The van der Waals surface area contributed by atoms with E-state index < -0.39 is 0 Å². The fraction of sp³-hybridized carbons (Fsp3) is 0.200. The summed E-state index contributed by atoms with van der Waals surface area (Å²) >= 11 is 9.36. The van der Waals surface area contributed by atoms with Crippen molar-refractivity contribution in [2.24, 2.45) is 0 Å². The van der Waals surface area contributed by atoms with Gasteiger partial charge in [-0.2, -0.15) is 0 Å². The Kier molecular flexibility index (Phi) is 4.31. The molecular weight excluding hydrogens is 312 g/mol. The van der Waals surface area contributed by atoms with Crippen molar-refractivity contribution in [1.29, 1.82) is 0 Å². The topological polar surface area (TPSA) is 9.23 Å². The lowest BCUT2D eigenvalue weighted by molar-refractivity contribution is 0.475. The predicted molar refractivity (Wildman–Crippen MR) is 79.7 cm³/mol. The Morgan fingerprint density at radius 1 is 1.06 bits per heavy atom. The SMILES string of the molecule is Cc1ccc(Oc2cc(CCl)ccc2C)c(Br)c1. The van der Waals surface area contributed by atoms with Gasteiger partial charge in [0, 0.05) is 5.88 Å². The number of rotatable bonds is 3. The van der Waals surface area contributed by atoms with E-state index in [0.717, 1.165) is 27.1 Å². The Bertz CT molecular complexity index is 566. The Labute approximate surface area is 121 Å². The average molecular weight is 326 g/mol. The maximum Gasteiger partial charge on any atom is 0.141 e. The number of hydrogen-bond acceptors (Lipinski definition) is 1. The average Bonchev–Trinajstić information content (AvgIpc) is 2.35. The van der Waals surface area contributed by atoms with Crippen LogP contribution in [0.3, 0.4) is 0 Å². The predicted octanol–water partition coefficient (Wildman–Crippen LogP) is 5.60. The highest BCUT2D eigenvalue weighted by Crippen LogP contribution is 2.32. The fourth-order valence-corrected chi connectivity index (χ4v) is 2.39. The molecule has 0 heterocycles. The summed E-state index contributed by atoms with van der Waals surface area (Å²) in [6.45, 7) is 4.07. The highest BCUT2D eigenvalue weighted by atomic mass is 79.9. The molecule has 0 aromatic heterocycles. The second-order valence-electron chi connectivity index (χ2n) is 4.27. The maximum atomic E-state index is 5.93. The van der Waals surface area contributed by atoms with Crippen molar-refractivity contribution in [3.8, 4) is 11.5 Å². The van der Waals surface area contributed by atoms with Crippen molar-refractivity contribution in [2.75, 3.05) is 0 Å². The van der Waals surface area contributed by atoms with Gasteiger partial charge in [-0.25, -0.2) is 0 Å². The van der Waals surface area contributed by atoms with E-state index in [0.29, 0.717) is 5.88 Å². The summed E-state index contributed by atoms with van der Waals surface area (Å²) < 4.78 is 6.89. The van der Waals surface area contributed by atoms with Crippen LogP contribution >= 0.6 is 27.5 Å². The van der Waals surface area contributed by atoms with Gasteiger partial charge in [-0.3, -0.25) is 0 Å². The number of halogens is 2. The van der Waals surface area contributed by atoms with Crippen LogP contribution in [0, 0.1) is 13.8 Å². The molecule has 0 aliphatic rings. The van der Waals surface area contributed by atoms with Crippen molar-refractivity contribution >= 4 is 27.5 Å². The van der Waals surface area contributed by atoms with Gasteiger partial charge in [0.25, 0.3) is 0 Å². The summed E-state index contributed by atoms with van der Waals surface area (Å²) in [6, 6.07) is 12.0. The van der Waals surface area contributed by atoms with E-state index in [1.54, 1.807) is 0 Å². The zero-order chi connectivity index (χ0) is 13.1. The first-order valence-corrected chi connectivity index (χ1v) is 7.02. The minimum atomic E-state index is 0.492. The van der Waals surface area contributed by atoms with Crippen LogP contribution in [0.1, 0.15) is 16.7 Å². The van der Waals surface area contributed by atoms with Crippen LogP contribution in [0.4, 0.5) is 0 Å². The Morgan fingerprint density at radius 3 is 2.50 bits per heavy atom. The minimum absolute atomic E-state index is 0.492. The third-order valence-electron chi connectivity index (χ3n) is 2.71. The number of benzene rings is 2. The second-order valence-corrected chi connectivity index (χ2v) is 5.39. The Morgan fingerprint density at radius 2 is 1.83 bits per heavy atom. The molecule has 0 aliphatic carbocycles. The van der Waals surface area contributed by atoms with E-state index in [9.17, 15) is 0 Å². The summed E-state index contributed by atoms with van der Waals surface area (Å²) in [5, 5.41) is 0. The zero-order valence-corrected chi connectivity index (χ0v) is 12.7. The summed E-state index contributed by atoms with van der Waals surface area (Å²) in [5.41, 5.74) is 3.34. The molecule has 1 nitrogen and oxygen atoms in total. The normalized spacial score (nSPS) is 10.4. The molecule has 2 aromatic carbocycles. The first-order chi connectivity index (χ1) is 8.60. The first kappa shape index (κ1) is 13.4. The van der Waals surface area contributed by atoms with Crippen molar-refractivity contribution in [1.82, 2.24) is 0 Å². The third kappa shape index (κ3) is 3.06. The molecule has 0 unspecified atom stereocenters. The molecule has 3 heteroatoms. The molecule has 0 bridgehead atoms. The molecule has 94 valence electrons. The van der Waals surface area contributed by atoms with Crippen molar-refractivity contribution in [3.63, 3.8) is 0 Å². The van der Waals surface area contributed by atoms with Crippen LogP contribution in [0.5, 0.6) is 11.5 Å². The molecular formula is C15H14BrClO. The minimum Gasteiger partial charge on any atom is -0.456 e. The van der Waals surface area contributed by atoms with E-state index in [1.165, 1.54) is 5.56 Å². The van der Waals surface area contributed by atoms with Gasteiger partial charge in [-0.05, 0) is 64.7 Å². The monoisotopic (exact) mass is 324 g/mol. The second kappa shape index (κ2) is 5.77. The van der Waals surface area contributed by atoms with Gasteiger partial charge in [-0.1, -0.05) is 18.2 Å². The third-order valence-corrected chi connectivity index (χ3v) is 3.64. The summed E-state index contributed by atoms with van der Waals surface area (Å²) in [6.07, 6.45) is 0. The van der Waals surface area contributed by atoms with E-state index in [-0.39, 0.29) is 0 Å². The summed E-state index contributed by atoms with van der Waals surface area (Å²) in [7, 11) is 0. The quantitative estimate of drug-likeness (QED) is 0.668. The summed E-state index contributed by atoms with van der Waals surface area (Å²) in [4.78, 5) is 0. The smallest absolute Gasteiger partial charge is 0.141 e. The van der Waals surface area contributed by atoms with Crippen LogP contribution in [0.2, 0.25) is 0 Å². The van der Waals surface area contributed by atoms with Crippen LogP contribution in [0.15, 0.2) is 40.9 Å². The number of aryl methyl sites for hydroxylation is 2. The molecule has 0 amide bonds. The van der Waals surface area contributed by atoms with E-state index in [4.69, 9.17) is 16.3 Å². The number of alkyl halides is 1. The Balaban J connectivity index is 2.33. The largest absolute Gasteiger partial charge is 0.456 e. The fourth-order valence-electron chi connectivity index (χ4n) is 1.64. The number of ether oxygens (including phenoxy) is 1. The van der Waals surface area contributed by atoms with Gasteiger partial charge in [0.05, 0.1) is 4.47 Å². The first-order valence-electron chi connectivity index (χ1n) is 5.69. The van der Waals surface area contributed by atoms with Crippen LogP contribution in [-0.2, 0) is 5.88 Å². The van der Waals surface area contributed by atoms with Gasteiger partial charge < -0.3 is 4.74 Å². The van der Waals surface area contributed by atoms with Crippen LogP contribution < -0.4 is 4.74 Å². The molecule has 0 aliphatic heterocycles. The highest BCUT2D eigenvalue weighted by Gasteiger charge is 2.06. The maximum absolute atomic E-state index is 5.93. The van der Waals surface area contributed by atoms with Gasteiger partial charge in [0.1, 0.15) is 11.5 Å². The molecule has 0 radical (unpaired) electrons. The molecule has 18 heavy (non-hydrogen) atoms. The molecule has 0 saturated heterocycles. The molecule has 0 spiro atoms. The highest BCUT2D eigenvalue weighted by molar-refractivity contribution is 9.10. The van der Waals surface area contributed by atoms with Gasteiger partial charge in [-0.15, -0.1) is 11.6 Å². The molecule has 0 N–H and O–H groups in total. The van der Waals surface area contributed by atoms with E-state index in [1.807, 2.05) is 50.2 Å². The lowest BCUT2D eigenvalue weighted by Crippen LogP contribution is -1.90. The Hall–Kier alpha value is -0.990. The van der Waals surface area contributed by atoms with Gasteiger partial charge in [0.2, 0.25) is 0 Å². The van der Waals surface area contributed by atoms with Crippen molar-refractivity contribution < 1.29 is 4.74 Å². The molecule has 0 fully saturated rings. The van der Waals surface area contributed by atoms with E-state index in [2.05, 4.69) is 15.9 Å². The van der Waals surface area contributed by atoms with Gasteiger partial charge >= 0.3 is 0 Å². The standard InChI is InChI=1S/C15H14BrClO/c1-10-3-6-14(13(16)7-10)18-15-8-12(9-17)5-4-11(15)2/h3-8H,9H2,1-2H3. The van der Waals surface area contributed by atoms with Crippen molar-refractivity contribution in [3.05, 3.63) is 57.6 Å². The zero-order valence-electron chi connectivity index (χ0n) is 10.3. The van der Waals surface area contributed by atoms with Gasteiger partial charge in [0.15, 0.2) is 0 Å².